The van der Waals surface area contributed by atoms with Crippen LogP contribution in [0.25, 0.3) is 0 Å². The van der Waals surface area contributed by atoms with E-state index in [0.29, 0.717) is 17.4 Å². The number of rotatable bonds is 5. The van der Waals surface area contributed by atoms with Crippen molar-refractivity contribution < 1.29 is 13.2 Å². The van der Waals surface area contributed by atoms with Gasteiger partial charge < -0.3 is 9.64 Å². The van der Waals surface area contributed by atoms with Crippen LogP contribution in [0.15, 0.2) is 0 Å². The summed E-state index contributed by atoms with van der Waals surface area (Å²) in [6.45, 7) is 4.08. The zero-order valence-electron chi connectivity index (χ0n) is 12.0. The van der Waals surface area contributed by atoms with Gasteiger partial charge in [0.1, 0.15) is 0 Å². The van der Waals surface area contributed by atoms with Gasteiger partial charge in [-0.3, -0.25) is 0 Å². The molecule has 2 aliphatic rings. The number of likely N-dealkylation sites (tertiary alicyclic amines) is 1. The Morgan fingerprint density at radius 1 is 1.21 bits per heavy atom. The average Bonchev–Trinajstić information content (AvgIpc) is 2.58. The molecule has 5 heteroatoms. The topological polar surface area (TPSA) is 46.6 Å². The van der Waals surface area contributed by atoms with Crippen molar-refractivity contribution in [3.05, 3.63) is 0 Å². The van der Waals surface area contributed by atoms with Gasteiger partial charge in [-0.25, -0.2) is 8.42 Å². The van der Waals surface area contributed by atoms with Gasteiger partial charge in [0.2, 0.25) is 0 Å². The first kappa shape index (κ1) is 15.3. The van der Waals surface area contributed by atoms with Crippen molar-refractivity contribution in [1.82, 2.24) is 4.90 Å². The quantitative estimate of drug-likeness (QED) is 0.770. The van der Waals surface area contributed by atoms with E-state index in [0.717, 1.165) is 45.0 Å². The number of hydrogen-bond donors (Lipinski definition) is 0. The Morgan fingerprint density at radius 3 is 2.74 bits per heavy atom. The molecule has 2 fully saturated rings. The maximum atomic E-state index is 11.5. The van der Waals surface area contributed by atoms with Crippen LogP contribution in [0.2, 0.25) is 0 Å². The van der Waals surface area contributed by atoms with E-state index < -0.39 is 9.84 Å². The van der Waals surface area contributed by atoms with Crippen LogP contribution in [0.1, 0.15) is 32.1 Å². The van der Waals surface area contributed by atoms with Crippen LogP contribution in [-0.2, 0) is 14.6 Å². The second-order valence-electron chi connectivity index (χ2n) is 6.17. The fourth-order valence-corrected chi connectivity index (χ4v) is 5.23. The molecule has 19 heavy (non-hydrogen) atoms. The van der Waals surface area contributed by atoms with E-state index in [1.165, 1.54) is 19.3 Å². The molecule has 2 heterocycles. The van der Waals surface area contributed by atoms with E-state index in [1.807, 2.05) is 0 Å². The molecule has 2 rings (SSSR count). The number of hydrogen-bond acceptors (Lipinski definition) is 4. The standard InChI is InChI=1S/C14H27NO3S/c1-18-8-5-13-4-2-3-7-15(10-13)11-14-6-9-19(16,17)12-14/h13-14H,2-12H2,1H3. The van der Waals surface area contributed by atoms with Crippen molar-refractivity contribution in [3.63, 3.8) is 0 Å². The summed E-state index contributed by atoms with van der Waals surface area (Å²) < 4.78 is 28.2. The van der Waals surface area contributed by atoms with Crippen LogP contribution >= 0.6 is 0 Å². The van der Waals surface area contributed by atoms with E-state index in [1.54, 1.807) is 7.11 Å². The Morgan fingerprint density at radius 2 is 2.05 bits per heavy atom. The highest BCUT2D eigenvalue weighted by Gasteiger charge is 2.30. The number of sulfone groups is 1. The Labute approximate surface area is 117 Å². The van der Waals surface area contributed by atoms with Crippen molar-refractivity contribution >= 4 is 9.84 Å². The first-order chi connectivity index (χ1) is 9.09. The molecule has 0 aromatic rings. The minimum Gasteiger partial charge on any atom is -0.385 e. The van der Waals surface area contributed by atoms with Crippen molar-refractivity contribution in [1.29, 1.82) is 0 Å². The number of nitrogens with zero attached hydrogens (tertiary/aromatic N) is 1. The third-order valence-corrected chi connectivity index (χ3v) is 6.26. The molecule has 2 unspecified atom stereocenters. The Balaban J connectivity index is 1.81. The van der Waals surface area contributed by atoms with E-state index in [9.17, 15) is 8.42 Å². The van der Waals surface area contributed by atoms with Gasteiger partial charge in [0.15, 0.2) is 9.84 Å². The normalized spacial score (nSPS) is 32.3. The molecule has 0 aliphatic carbocycles. The van der Waals surface area contributed by atoms with E-state index in [2.05, 4.69) is 4.90 Å². The molecule has 4 nitrogen and oxygen atoms in total. The lowest BCUT2D eigenvalue weighted by Gasteiger charge is -2.26. The van der Waals surface area contributed by atoms with Gasteiger partial charge in [0.05, 0.1) is 11.5 Å². The van der Waals surface area contributed by atoms with Gasteiger partial charge in [-0.1, -0.05) is 6.42 Å². The highest BCUT2D eigenvalue weighted by atomic mass is 32.2. The molecular formula is C14H27NO3S. The number of ether oxygens (including phenoxy) is 1. The molecule has 0 bridgehead atoms. The molecule has 2 saturated heterocycles. The molecule has 0 spiro atoms. The van der Waals surface area contributed by atoms with Crippen molar-refractivity contribution in [2.45, 2.75) is 32.1 Å². The lowest BCUT2D eigenvalue weighted by molar-refractivity contribution is 0.155. The van der Waals surface area contributed by atoms with Crippen LogP contribution in [-0.4, -0.2) is 58.2 Å². The minimum absolute atomic E-state index is 0.367. The van der Waals surface area contributed by atoms with E-state index >= 15 is 0 Å². The molecule has 0 amide bonds. The first-order valence-electron chi connectivity index (χ1n) is 7.51. The van der Waals surface area contributed by atoms with Gasteiger partial charge in [-0.2, -0.15) is 0 Å². The van der Waals surface area contributed by atoms with Crippen LogP contribution in [0.5, 0.6) is 0 Å². The van der Waals surface area contributed by atoms with Gasteiger partial charge >= 0.3 is 0 Å². The fourth-order valence-electron chi connectivity index (χ4n) is 3.38. The Bertz CT molecular complexity index is 369. The number of methoxy groups -OCH3 is 1. The molecule has 2 aliphatic heterocycles. The van der Waals surface area contributed by atoms with Gasteiger partial charge in [0, 0.05) is 26.8 Å². The third-order valence-electron chi connectivity index (χ3n) is 4.43. The van der Waals surface area contributed by atoms with Gasteiger partial charge in [-0.05, 0) is 44.1 Å². The van der Waals surface area contributed by atoms with Crippen LogP contribution < -0.4 is 0 Å². The summed E-state index contributed by atoms with van der Waals surface area (Å²) in [6, 6.07) is 0. The predicted octanol–water partition coefficient (Wildman–Crippen LogP) is 1.56. The highest BCUT2D eigenvalue weighted by molar-refractivity contribution is 7.91. The molecule has 0 aromatic carbocycles. The summed E-state index contributed by atoms with van der Waals surface area (Å²) >= 11 is 0. The van der Waals surface area contributed by atoms with Crippen molar-refractivity contribution in [2.24, 2.45) is 11.8 Å². The smallest absolute Gasteiger partial charge is 0.150 e. The molecule has 0 aromatic heterocycles. The Kier molecular flexibility index (Phi) is 5.66. The molecule has 2 atom stereocenters. The van der Waals surface area contributed by atoms with Gasteiger partial charge in [-0.15, -0.1) is 0 Å². The van der Waals surface area contributed by atoms with Crippen LogP contribution in [0.3, 0.4) is 0 Å². The molecule has 0 N–H and O–H groups in total. The second kappa shape index (κ2) is 7.04. The summed E-state index contributed by atoms with van der Waals surface area (Å²) in [7, 11) is -0.968. The van der Waals surface area contributed by atoms with Crippen molar-refractivity contribution in [3.8, 4) is 0 Å². The van der Waals surface area contributed by atoms with Gasteiger partial charge in [0.25, 0.3) is 0 Å². The fraction of sp³-hybridized carbons (Fsp3) is 1.00. The maximum absolute atomic E-state index is 11.5. The molecule has 112 valence electrons. The summed E-state index contributed by atoms with van der Waals surface area (Å²) in [5.41, 5.74) is 0. The molecule has 0 saturated carbocycles. The minimum atomic E-state index is -2.73. The summed E-state index contributed by atoms with van der Waals surface area (Å²) in [5.74, 6) is 1.90. The Hall–Kier alpha value is -0.130. The summed E-state index contributed by atoms with van der Waals surface area (Å²) in [6.07, 6.45) is 5.84. The first-order valence-corrected chi connectivity index (χ1v) is 9.33. The molecular weight excluding hydrogens is 262 g/mol. The molecule has 0 radical (unpaired) electrons. The third kappa shape index (κ3) is 5.04. The largest absolute Gasteiger partial charge is 0.385 e. The summed E-state index contributed by atoms with van der Waals surface area (Å²) in [5, 5.41) is 0. The average molecular weight is 289 g/mol. The second-order valence-corrected chi connectivity index (χ2v) is 8.40. The lowest BCUT2D eigenvalue weighted by Crippen LogP contribution is -2.34. The summed E-state index contributed by atoms with van der Waals surface area (Å²) in [4.78, 5) is 2.50. The lowest BCUT2D eigenvalue weighted by atomic mass is 10.00. The predicted molar refractivity (Wildman–Crippen MR) is 77.0 cm³/mol. The van der Waals surface area contributed by atoms with E-state index in [-0.39, 0.29) is 0 Å². The van der Waals surface area contributed by atoms with Crippen LogP contribution in [0.4, 0.5) is 0 Å². The monoisotopic (exact) mass is 289 g/mol. The highest BCUT2D eigenvalue weighted by Crippen LogP contribution is 2.24. The van der Waals surface area contributed by atoms with Crippen molar-refractivity contribution in [2.75, 3.05) is 44.9 Å². The SMILES string of the molecule is COCCC1CCCCN(CC2CCS(=O)(=O)C2)C1. The zero-order valence-corrected chi connectivity index (χ0v) is 12.8. The zero-order chi connectivity index (χ0) is 13.7. The van der Waals surface area contributed by atoms with Crippen LogP contribution in [0, 0.1) is 11.8 Å². The maximum Gasteiger partial charge on any atom is 0.150 e. The van der Waals surface area contributed by atoms with E-state index in [4.69, 9.17) is 4.74 Å².